The van der Waals surface area contributed by atoms with E-state index in [4.69, 9.17) is 25.6 Å². The van der Waals surface area contributed by atoms with E-state index in [2.05, 4.69) is 26.1 Å². The van der Waals surface area contributed by atoms with Crippen LogP contribution in [0, 0.1) is 0 Å². The Kier molecular flexibility index (Phi) is 4.79. The molecule has 0 saturated heterocycles. The zero-order chi connectivity index (χ0) is 13.8. The maximum Gasteiger partial charge on any atom is 0.264 e. The second kappa shape index (κ2) is 6.36. The lowest BCUT2D eigenvalue weighted by Crippen LogP contribution is -2.00. The molecule has 0 N–H and O–H groups in total. The SMILES string of the molecule is COC(C)c1noc(COc2cc(Br)ccc2Cl)n1. The number of aromatic nitrogens is 2. The summed E-state index contributed by atoms with van der Waals surface area (Å²) < 4.78 is 16.6. The van der Waals surface area contributed by atoms with E-state index in [1.165, 1.54) is 0 Å². The Morgan fingerprint density at radius 2 is 2.26 bits per heavy atom. The standard InChI is InChI=1S/C12H12BrClN2O3/c1-7(17-2)12-15-11(19-16-12)6-18-10-5-8(13)3-4-9(10)14/h3-5,7H,6H2,1-2H3. The maximum absolute atomic E-state index is 6.01. The van der Waals surface area contributed by atoms with Crippen LogP contribution in [0.3, 0.4) is 0 Å². The molecule has 1 aromatic carbocycles. The van der Waals surface area contributed by atoms with Crippen molar-refractivity contribution < 1.29 is 14.0 Å². The topological polar surface area (TPSA) is 57.4 Å². The molecule has 5 nitrogen and oxygen atoms in total. The molecule has 0 aliphatic heterocycles. The summed E-state index contributed by atoms with van der Waals surface area (Å²) >= 11 is 9.36. The second-order valence-electron chi connectivity index (χ2n) is 3.79. The van der Waals surface area contributed by atoms with Crippen molar-refractivity contribution in [1.29, 1.82) is 0 Å². The average Bonchev–Trinajstić information content (AvgIpc) is 2.88. The Balaban J connectivity index is 2.02. The summed E-state index contributed by atoms with van der Waals surface area (Å²) in [7, 11) is 1.58. The predicted molar refractivity (Wildman–Crippen MR) is 73.2 cm³/mol. The number of benzene rings is 1. The number of halogens is 2. The Bertz CT molecular complexity index is 562. The number of methoxy groups -OCH3 is 1. The normalized spacial score (nSPS) is 12.4. The molecule has 0 spiro atoms. The summed E-state index contributed by atoms with van der Waals surface area (Å²) in [5, 5.41) is 4.33. The zero-order valence-electron chi connectivity index (χ0n) is 10.4. The van der Waals surface area contributed by atoms with Crippen LogP contribution in [-0.2, 0) is 11.3 Å². The van der Waals surface area contributed by atoms with Gasteiger partial charge in [-0.05, 0) is 25.1 Å². The van der Waals surface area contributed by atoms with Crippen LogP contribution in [-0.4, -0.2) is 17.3 Å². The minimum atomic E-state index is -0.216. The molecule has 2 aromatic rings. The highest BCUT2D eigenvalue weighted by Crippen LogP contribution is 2.28. The smallest absolute Gasteiger partial charge is 0.264 e. The van der Waals surface area contributed by atoms with Crippen molar-refractivity contribution in [1.82, 2.24) is 10.1 Å². The molecule has 7 heteroatoms. The van der Waals surface area contributed by atoms with Crippen LogP contribution < -0.4 is 4.74 Å². The van der Waals surface area contributed by atoms with Crippen molar-refractivity contribution in [3.63, 3.8) is 0 Å². The molecule has 0 fully saturated rings. The van der Waals surface area contributed by atoms with E-state index in [9.17, 15) is 0 Å². The first-order valence-electron chi connectivity index (χ1n) is 5.53. The first-order chi connectivity index (χ1) is 9.10. The van der Waals surface area contributed by atoms with Gasteiger partial charge in [0.2, 0.25) is 0 Å². The van der Waals surface area contributed by atoms with Gasteiger partial charge in [0.25, 0.3) is 5.89 Å². The maximum atomic E-state index is 6.01. The predicted octanol–water partition coefficient (Wildman–Crippen LogP) is 3.77. The third-order valence-electron chi connectivity index (χ3n) is 2.45. The van der Waals surface area contributed by atoms with Crippen molar-refractivity contribution in [2.45, 2.75) is 19.6 Å². The van der Waals surface area contributed by atoms with Crippen LogP contribution in [0.2, 0.25) is 5.02 Å². The number of ether oxygens (including phenoxy) is 2. The zero-order valence-corrected chi connectivity index (χ0v) is 12.7. The van der Waals surface area contributed by atoms with Crippen LogP contribution in [0.1, 0.15) is 24.7 Å². The lowest BCUT2D eigenvalue weighted by Gasteiger charge is -2.05. The first kappa shape index (κ1) is 14.3. The molecule has 0 radical (unpaired) electrons. The van der Waals surface area contributed by atoms with E-state index in [1.54, 1.807) is 19.2 Å². The Labute approximate surface area is 124 Å². The lowest BCUT2D eigenvalue weighted by atomic mass is 10.3. The number of nitrogens with zero attached hydrogens (tertiary/aromatic N) is 2. The molecular weight excluding hydrogens is 336 g/mol. The van der Waals surface area contributed by atoms with Gasteiger partial charge < -0.3 is 14.0 Å². The summed E-state index contributed by atoms with van der Waals surface area (Å²) in [6, 6.07) is 5.35. The summed E-state index contributed by atoms with van der Waals surface area (Å²) in [6.45, 7) is 1.99. The Hall–Kier alpha value is -1.11. The molecule has 0 aliphatic rings. The van der Waals surface area contributed by atoms with Gasteiger partial charge in [0, 0.05) is 11.6 Å². The van der Waals surface area contributed by atoms with Gasteiger partial charge in [-0.3, -0.25) is 0 Å². The van der Waals surface area contributed by atoms with E-state index < -0.39 is 0 Å². The van der Waals surface area contributed by atoms with E-state index >= 15 is 0 Å². The fraction of sp³-hybridized carbons (Fsp3) is 0.333. The van der Waals surface area contributed by atoms with Crippen LogP contribution in [0.5, 0.6) is 5.75 Å². The van der Waals surface area contributed by atoms with Gasteiger partial charge in [-0.1, -0.05) is 32.7 Å². The summed E-state index contributed by atoms with van der Waals surface area (Å²) in [6.07, 6.45) is -0.216. The van der Waals surface area contributed by atoms with Gasteiger partial charge in [-0.15, -0.1) is 0 Å². The van der Waals surface area contributed by atoms with Crippen molar-refractivity contribution >= 4 is 27.5 Å². The molecule has 19 heavy (non-hydrogen) atoms. The van der Waals surface area contributed by atoms with Crippen LogP contribution >= 0.6 is 27.5 Å². The Morgan fingerprint density at radius 1 is 1.47 bits per heavy atom. The molecule has 1 atom stereocenters. The highest BCUT2D eigenvalue weighted by Gasteiger charge is 2.13. The van der Waals surface area contributed by atoms with Gasteiger partial charge >= 0.3 is 0 Å². The summed E-state index contributed by atoms with van der Waals surface area (Å²) in [5.41, 5.74) is 0. The monoisotopic (exact) mass is 346 g/mol. The number of hydrogen-bond donors (Lipinski definition) is 0. The summed E-state index contributed by atoms with van der Waals surface area (Å²) in [4.78, 5) is 4.17. The van der Waals surface area contributed by atoms with Crippen LogP contribution in [0.4, 0.5) is 0 Å². The highest BCUT2D eigenvalue weighted by atomic mass is 79.9. The van der Waals surface area contributed by atoms with E-state index in [1.807, 2.05) is 13.0 Å². The molecule has 102 valence electrons. The van der Waals surface area contributed by atoms with Gasteiger partial charge in [0.1, 0.15) is 11.9 Å². The van der Waals surface area contributed by atoms with Gasteiger partial charge in [0.15, 0.2) is 12.4 Å². The molecule has 0 saturated carbocycles. The lowest BCUT2D eigenvalue weighted by molar-refractivity contribution is 0.109. The van der Waals surface area contributed by atoms with Crippen molar-refractivity contribution in [2.75, 3.05) is 7.11 Å². The first-order valence-corrected chi connectivity index (χ1v) is 6.70. The fourth-order valence-electron chi connectivity index (χ4n) is 1.32. The van der Waals surface area contributed by atoms with Crippen LogP contribution in [0.25, 0.3) is 0 Å². The largest absolute Gasteiger partial charge is 0.482 e. The van der Waals surface area contributed by atoms with Gasteiger partial charge in [-0.25, -0.2) is 0 Å². The molecule has 0 bridgehead atoms. The van der Waals surface area contributed by atoms with Crippen LogP contribution in [0.15, 0.2) is 27.2 Å². The highest BCUT2D eigenvalue weighted by molar-refractivity contribution is 9.10. The molecule has 0 aliphatic carbocycles. The summed E-state index contributed by atoms with van der Waals surface area (Å²) in [5.74, 6) is 1.41. The molecular formula is C12H12BrClN2O3. The minimum absolute atomic E-state index is 0.152. The van der Waals surface area contributed by atoms with Gasteiger partial charge in [-0.2, -0.15) is 4.98 Å². The van der Waals surface area contributed by atoms with Gasteiger partial charge in [0.05, 0.1) is 5.02 Å². The molecule has 1 aromatic heterocycles. The third kappa shape index (κ3) is 3.68. The second-order valence-corrected chi connectivity index (χ2v) is 5.11. The number of rotatable bonds is 5. The van der Waals surface area contributed by atoms with Crippen molar-refractivity contribution in [2.24, 2.45) is 0 Å². The molecule has 0 amide bonds. The minimum Gasteiger partial charge on any atom is -0.482 e. The molecule has 2 rings (SSSR count). The number of hydrogen-bond acceptors (Lipinski definition) is 5. The molecule has 1 unspecified atom stereocenters. The van der Waals surface area contributed by atoms with Crippen molar-refractivity contribution in [3.05, 3.63) is 39.4 Å². The van der Waals surface area contributed by atoms with Crippen molar-refractivity contribution in [3.8, 4) is 5.75 Å². The average molecular weight is 348 g/mol. The van der Waals surface area contributed by atoms with E-state index in [-0.39, 0.29) is 12.7 Å². The van der Waals surface area contributed by atoms with E-state index in [0.717, 1.165) is 4.47 Å². The van der Waals surface area contributed by atoms with E-state index in [0.29, 0.717) is 22.5 Å². The third-order valence-corrected chi connectivity index (χ3v) is 3.25. The fourth-order valence-corrected chi connectivity index (χ4v) is 1.84. The quantitative estimate of drug-likeness (QED) is 0.824. The molecule has 1 heterocycles. The Morgan fingerprint density at radius 3 is 3.00 bits per heavy atom.